The Balaban J connectivity index is 1.41. The van der Waals surface area contributed by atoms with E-state index in [1.54, 1.807) is 0 Å². The molecular formula is C27H33N7O. The first-order valence-corrected chi connectivity index (χ1v) is 12.4. The minimum Gasteiger partial charge on any atom is -0.382 e. The van der Waals surface area contributed by atoms with E-state index in [-0.39, 0.29) is 17.9 Å². The predicted molar refractivity (Wildman–Crippen MR) is 138 cm³/mol. The van der Waals surface area contributed by atoms with Gasteiger partial charge in [0.25, 0.3) is 0 Å². The van der Waals surface area contributed by atoms with Crippen LogP contribution in [0.3, 0.4) is 0 Å². The number of anilines is 1. The Kier molecular flexibility index (Phi) is 6.55. The van der Waals surface area contributed by atoms with Crippen molar-refractivity contribution in [3.8, 4) is 11.3 Å². The van der Waals surface area contributed by atoms with Crippen molar-refractivity contribution in [1.29, 1.82) is 0 Å². The fourth-order valence-corrected chi connectivity index (χ4v) is 5.13. The highest BCUT2D eigenvalue weighted by molar-refractivity contribution is 5.91. The number of nitrogens with one attached hydrogen (secondary N) is 3. The van der Waals surface area contributed by atoms with Gasteiger partial charge in [0.05, 0.1) is 17.3 Å². The third-order valence-electron chi connectivity index (χ3n) is 7.25. The van der Waals surface area contributed by atoms with Crippen LogP contribution in [-0.4, -0.2) is 32.6 Å². The fourth-order valence-electron chi connectivity index (χ4n) is 5.13. The van der Waals surface area contributed by atoms with E-state index in [4.69, 9.17) is 16.5 Å². The molecule has 182 valence electrons. The van der Waals surface area contributed by atoms with Gasteiger partial charge in [-0.25, -0.2) is 4.98 Å². The molecule has 0 saturated heterocycles. The number of amides is 1. The first-order valence-electron chi connectivity index (χ1n) is 12.4. The normalized spacial score (nSPS) is 19.0. The maximum absolute atomic E-state index is 13.3. The summed E-state index contributed by atoms with van der Waals surface area (Å²) in [6, 6.07) is 15.9. The highest BCUT2D eigenvalue weighted by Crippen LogP contribution is 2.31. The quantitative estimate of drug-likeness (QED) is 0.277. The lowest BCUT2D eigenvalue weighted by atomic mass is 9.81. The predicted octanol–water partition coefficient (Wildman–Crippen LogP) is 4.01. The Morgan fingerprint density at radius 2 is 1.91 bits per heavy atom. The number of hydrogen-bond acceptors (Lipinski definition) is 5. The van der Waals surface area contributed by atoms with Crippen LogP contribution in [-0.2, 0) is 11.2 Å². The summed E-state index contributed by atoms with van der Waals surface area (Å²) in [7, 11) is 0. The Morgan fingerprint density at radius 3 is 2.66 bits per heavy atom. The number of carbonyl (C=O) groups is 1. The number of nitrogens with two attached hydrogens (primary N) is 2. The summed E-state index contributed by atoms with van der Waals surface area (Å²) in [4.78, 5) is 21.7. The number of nitrogens with zero attached hydrogens (tertiary/aromatic N) is 2. The lowest BCUT2D eigenvalue weighted by molar-refractivity contribution is -0.127. The molecule has 0 radical (unpaired) electrons. The van der Waals surface area contributed by atoms with Crippen molar-refractivity contribution < 1.29 is 4.79 Å². The van der Waals surface area contributed by atoms with E-state index < -0.39 is 0 Å². The molecule has 5 rings (SSSR count). The summed E-state index contributed by atoms with van der Waals surface area (Å²) >= 11 is 0. The van der Waals surface area contributed by atoms with Gasteiger partial charge < -0.3 is 21.8 Å². The van der Waals surface area contributed by atoms with Crippen molar-refractivity contribution in [1.82, 2.24) is 25.5 Å². The first-order chi connectivity index (χ1) is 17.0. The minimum absolute atomic E-state index is 0.0276. The second kappa shape index (κ2) is 9.92. The van der Waals surface area contributed by atoms with Crippen LogP contribution in [0.5, 0.6) is 0 Å². The SMILES string of the molecule is Cc1[nH]c([C@H](Cc2ccccc2)NC(=O)C2CCC(CN)CC2)nc1-c1ccc2c(N)n[nH]c2c1. The van der Waals surface area contributed by atoms with E-state index in [1.807, 2.05) is 43.3 Å². The number of imidazole rings is 1. The molecule has 0 aliphatic heterocycles. The van der Waals surface area contributed by atoms with Gasteiger partial charge in [-0.15, -0.1) is 0 Å². The van der Waals surface area contributed by atoms with E-state index in [9.17, 15) is 4.79 Å². The van der Waals surface area contributed by atoms with Gasteiger partial charge in [-0.1, -0.05) is 36.4 Å². The Hall–Kier alpha value is -3.65. The van der Waals surface area contributed by atoms with Crippen molar-refractivity contribution in [2.24, 2.45) is 17.6 Å². The number of rotatable bonds is 7. The van der Waals surface area contributed by atoms with Gasteiger partial charge in [0.15, 0.2) is 5.82 Å². The van der Waals surface area contributed by atoms with Crippen molar-refractivity contribution in [2.45, 2.75) is 45.1 Å². The van der Waals surface area contributed by atoms with E-state index >= 15 is 0 Å². The lowest BCUT2D eigenvalue weighted by Crippen LogP contribution is -2.37. The first kappa shape index (κ1) is 23.1. The maximum atomic E-state index is 13.3. The van der Waals surface area contributed by atoms with Crippen molar-refractivity contribution in [3.63, 3.8) is 0 Å². The molecule has 0 bridgehead atoms. The maximum Gasteiger partial charge on any atom is 0.223 e. The van der Waals surface area contributed by atoms with E-state index in [0.717, 1.165) is 64.9 Å². The monoisotopic (exact) mass is 471 g/mol. The fraction of sp³-hybridized carbons (Fsp3) is 0.370. The summed E-state index contributed by atoms with van der Waals surface area (Å²) in [6.45, 7) is 2.71. The summed E-state index contributed by atoms with van der Waals surface area (Å²) in [5.74, 6) is 1.91. The molecule has 1 saturated carbocycles. The molecule has 1 atom stereocenters. The van der Waals surface area contributed by atoms with Crippen LogP contribution in [0.25, 0.3) is 22.2 Å². The molecule has 35 heavy (non-hydrogen) atoms. The Morgan fingerprint density at radius 1 is 1.14 bits per heavy atom. The third-order valence-corrected chi connectivity index (χ3v) is 7.25. The van der Waals surface area contributed by atoms with Gasteiger partial charge in [-0.2, -0.15) is 5.10 Å². The average Bonchev–Trinajstić information content (AvgIpc) is 3.46. The number of carbonyl (C=O) groups excluding carboxylic acids is 1. The second-order valence-electron chi connectivity index (χ2n) is 9.67. The van der Waals surface area contributed by atoms with Crippen molar-refractivity contribution in [3.05, 3.63) is 65.6 Å². The molecular weight excluding hydrogens is 438 g/mol. The van der Waals surface area contributed by atoms with E-state index in [1.165, 1.54) is 0 Å². The van der Waals surface area contributed by atoms with Crippen molar-refractivity contribution >= 4 is 22.6 Å². The van der Waals surface area contributed by atoms with Gasteiger partial charge in [-0.3, -0.25) is 9.89 Å². The molecule has 1 amide bonds. The van der Waals surface area contributed by atoms with Gasteiger partial charge in [0, 0.05) is 22.6 Å². The largest absolute Gasteiger partial charge is 0.382 e. The Labute approximate surface area is 204 Å². The number of H-pyrrole nitrogens is 2. The van der Waals surface area contributed by atoms with E-state index in [0.29, 0.717) is 24.7 Å². The molecule has 4 aromatic rings. The van der Waals surface area contributed by atoms with Gasteiger partial charge in [0.2, 0.25) is 5.91 Å². The van der Waals surface area contributed by atoms with Crippen LogP contribution >= 0.6 is 0 Å². The highest BCUT2D eigenvalue weighted by Gasteiger charge is 2.29. The number of nitrogen functional groups attached to an aromatic ring is 1. The molecule has 2 heterocycles. The van der Waals surface area contributed by atoms with Gasteiger partial charge in [0.1, 0.15) is 5.82 Å². The summed E-state index contributed by atoms with van der Waals surface area (Å²) in [6.07, 6.45) is 4.47. The molecule has 2 aromatic heterocycles. The summed E-state index contributed by atoms with van der Waals surface area (Å²) < 4.78 is 0. The molecule has 8 nitrogen and oxygen atoms in total. The zero-order chi connectivity index (χ0) is 24.4. The van der Waals surface area contributed by atoms with Crippen LogP contribution in [0, 0.1) is 18.8 Å². The van der Waals surface area contributed by atoms with Crippen LogP contribution in [0.2, 0.25) is 0 Å². The minimum atomic E-state index is -0.254. The molecule has 1 aliphatic rings. The molecule has 0 spiro atoms. The number of benzene rings is 2. The van der Waals surface area contributed by atoms with Gasteiger partial charge >= 0.3 is 0 Å². The number of hydrogen-bond donors (Lipinski definition) is 5. The zero-order valence-corrected chi connectivity index (χ0v) is 20.1. The summed E-state index contributed by atoms with van der Waals surface area (Å²) in [5.41, 5.74) is 16.5. The van der Waals surface area contributed by atoms with Gasteiger partial charge in [-0.05, 0) is 69.2 Å². The topological polar surface area (TPSA) is 138 Å². The molecule has 7 N–H and O–H groups in total. The second-order valence-corrected chi connectivity index (χ2v) is 9.67. The Bertz CT molecular complexity index is 1300. The van der Waals surface area contributed by atoms with Crippen LogP contribution in [0.4, 0.5) is 5.82 Å². The smallest absolute Gasteiger partial charge is 0.223 e. The highest BCUT2D eigenvalue weighted by atomic mass is 16.2. The van der Waals surface area contributed by atoms with Crippen LogP contribution < -0.4 is 16.8 Å². The van der Waals surface area contributed by atoms with Crippen LogP contribution in [0.1, 0.15) is 48.8 Å². The number of aryl methyl sites for hydroxylation is 1. The molecule has 1 fully saturated rings. The molecule has 2 aromatic carbocycles. The zero-order valence-electron chi connectivity index (χ0n) is 20.1. The standard InChI is InChI=1S/C27H33N7O/c1-16-24(20-11-12-21-22(14-20)33-34-25(21)29)32-26(30-16)23(13-17-5-3-2-4-6-17)31-27(35)19-9-7-18(15-28)8-10-19/h2-6,11-12,14,18-19,23H,7-10,13,15,28H2,1H3,(H,30,32)(H,31,35)(H3,29,33,34)/t18?,19?,23-/m0/s1. The molecule has 0 unspecified atom stereocenters. The van der Waals surface area contributed by atoms with Crippen molar-refractivity contribution in [2.75, 3.05) is 12.3 Å². The van der Waals surface area contributed by atoms with E-state index in [2.05, 4.69) is 32.6 Å². The number of fused-ring (bicyclic) bond motifs is 1. The molecule has 8 heteroatoms. The van der Waals surface area contributed by atoms with Crippen LogP contribution in [0.15, 0.2) is 48.5 Å². The average molecular weight is 472 g/mol. The number of aromatic nitrogens is 4. The molecule has 1 aliphatic carbocycles. The lowest BCUT2D eigenvalue weighted by Gasteiger charge is -2.28. The third kappa shape index (κ3) is 4.93. The summed E-state index contributed by atoms with van der Waals surface area (Å²) in [5, 5.41) is 11.3. The number of aromatic amines is 2.